The van der Waals surface area contributed by atoms with Crippen LogP contribution in [0, 0.1) is 6.92 Å². The molecule has 0 aliphatic rings. The number of aromatic nitrogens is 2. The van der Waals surface area contributed by atoms with Gasteiger partial charge in [0.25, 0.3) is 0 Å². The van der Waals surface area contributed by atoms with Gasteiger partial charge in [0, 0.05) is 25.7 Å². The van der Waals surface area contributed by atoms with Crippen LogP contribution in [0.1, 0.15) is 38.1 Å². The molecule has 2 aromatic rings. The highest BCUT2D eigenvalue weighted by Gasteiger charge is 2.09. The van der Waals surface area contributed by atoms with E-state index in [0.717, 1.165) is 49.9 Å². The molecule has 0 aliphatic carbocycles. The Hall–Kier alpha value is -2.10. The summed E-state index contributed by atoms with van der Waals surface area (Å²) in [5.41, 5.74) is 1.25. The SMILES string of the molecule is CCCN(CCC)c1cc(NCc2ccccc2)nc(C)n1. The van der Waals surface area contributed by atoms with Gasteiger partial charge in [0.2, 0.25) is 0 Å². The van der Waals surface area contributed by atoms with Crippen LogP contribution < -0.4 is 10.2 Å². The van der Waals surface area contributed by atoms with Gasteiger partial charge in [-0.2, -0.15) is 0 Å². The monoisotopic (exact) mass is 298 g/mol. The van der Waals surface area contributed by atoms with Gasteiger partial charge in [0.1, 0.15) is 17.5 Å². The summed E-state index contributed by atoms with van der Waals surface area (Å²) < 4.78 is 0. The van der Waals surface area contributed by atoms with E-state index in [1.807, 2.05) is 13.0 Å². The summed E-state index contributed by atoms with van der Waals surface area (Å²) in [7, 11) is 0. The van der Waals surface area contributed by atoms with E-state index in [1.54, 1.807) is 0 Å². The molecule has 0 spiro atoms. The standard InChI is InChI=1S/C18H26N4/c1-4-11-22(12-5-2)18-13-17(20-15(3)21-18)19-14-16-9-7-6-8-10-16/h6-10,13H,4-5,11-12,14H2,1-3H3,(H,19,20,21). The predicted molar refractivity (Wildman–Crippen MR) is 93.3 cm³/mol. The number of nitrogens with zero attached hydrogens (tertiary/aromatic N) is 3. The maximum Gasteiger partial charge on any atom is 0.134 e. The number of hydrogen-bond acceptors (Lipinski definition) is 4. The summed E-state index contributed by atoms with van der Waals surface area (Å²) >= 11 is 0. The lowest BCUT2D eigenvalue weighted by molar-refractivity contribution is 0.730. The largest absolute Gasteiger partial charge is 0.366 e. The van der Waals surface area contributed by atoms with Crippen molar-refractivity contribution in [2.45, 2.75) is 40.2 Å². The molecule has 0 amide bonds. The second-order valence-corrected chi connectivity index (χ2v) is 5.48. The number of rotatable bonds is 8. The van der Waals surface area contributed by atoms with Gasteiger partial charge < -0.3 is 10.2 Å². The summed E-state index contributed by atoms with van der Waals surface area (Å²) in [6, 6.07) is 12.4. The van der Waals surface area contributed by atoms with E-state index >= 15 is 0 Å². The first-order valence-electron chi connectivity index (χ1n) is 8.11. The fourth-order valence-corrected chi connectivity index (χ4v) is 2.47. The van der Waals surface area contributed by atoms with Crippen molar-refractivity contribution >= 4 is 11.6 Å². The minimum absolute atomic E-state index is 0.776. The highest BCUT2D eigenvalue weighted by atomic mass is 15.2. The van der Waals surface area contributed by atoms with E-state index in [2.05, 4.69) is 64.4 Å². The van der Waals surface area contributed by atoms with Crippen LogP contribution >= 0.6 is 0 Å². The Morgan fingerprint density at radius 3 is 2.32 bits per heavy atom. The first kappa shape index (κ1) is 16.3. The summed E-state index contributed by atoms with van der Waals surface area (Å²) in [6.07, 6.45) is 2.24. The molecule has 1 aromatic heterocycles. The van der Waals surface area contributed by atoms with Crippen molar-refractivity contribution in [1.82, 2.24) is 9.97 Å². The van der Waals surface area contributed by atoms with Crippen LogP contribution in [0.5, 0.6) is 0 Å². The number of hydrogen-bond donors (Lipinski definition) is 1. The Morgan fingerprint density at radius 1 is 1.00 bits per heavy atom. The third-order valence-electron chi connectivity index (χ3n) is 3.45. The summed E-state index contributed by atoms with van der Waals surface area (Å²) in [5, 5.41) is 3.40. The summed E-state index contributed by atoms with van der Waals surface area (Å²) in [4.78, 5) is 11.4. The second kappa shape index (κ2) is 8.37. The zero-order valence-electron chi connectivity index (χ0n) is 13.8. The topological polar surface area (TPSA) is 41.0 Å². The van der Waals surface area contributed by atoms with E-state index in [-0.39, 0.29) is 0 Å². The van der Waals surface area contributed by atoms with Gasteiger partial charge in [-0.25, -0.2) is 9.97 Å². The molecule has 4 heteroatoms. The van der Waals surface area contributed by atoms with Gasteiger partial charge in [-0.3, -0.25) is 0 Å². The van der Waals surface area contributed by atoms with E-state index in [4.69, 9.17) is 0 Å². The zero-order valence-corrected chi connectivity index (χ0v) is 13.8. The van der Waals surface area contributed by atoms with Crippen molar-refractivity contribution in [3.63, 3.8) is 0 Å². The Morgan fingerprint density at radius 2 is 1.68 bits per heavy atom. The average Bonchev–Trinajstić information content (AvgIpc) is 2.53. The van der Waals surface area contributed by atoms with Crippen LogP contribution in [0.25, 0.3) is 0 Å². The lowest BCUT2D eigenvalue weighted by atomic mass is 10.2. The number of aryl methyl sites for hydroxylation is 1. The molecule has 0 saturated carbocycles. The molecule has 118 valence electrons. The van der Waals surface area contributed by atoms with Crippen molar-refractivity contribution in [1.29, 1.82) is 0 Å². The Labute approximate surface area is 133 Å². The van der Waals surface area contributed by atoms with E-state index < -0.39 is 0 Å². The van der Waals surface area contributed by atoms with Crippen molar-refractivity contribution in [3.8, 4) is 0 Å². The quantitative estimate of drug-likeness (QED) is 0.799. The predicted octanol–water partition coefficient (Wildman–Crippen LogP) is 4.02. The Balaban J connectivity index is 2.11. The zero-order chi connectivity index (χ0) is 15.8. The number of anilines is 2. The van der Waals surface area contributed by atoms with Crippen LogP contribution in [-0.4, -0.2) is 23.1 Å². The second-order valence-electron chi connectivity index (χ2n) is 5.48. The summed E-state index contributed by atoms with van der Waals surface area (Å²) in [6.45, 7) is 9.19. The van der Waals surface area contributed by atoms with Crippen LogP contribution in [-0.2, 0) is 6.54 Å². The molecule has 4 nitrogen and oxygen atoms in total. The lowest BCUT2D eigenvalue weighted by Crippen LogP contribution is -2.26. The van der Waals surface area contributed by atoms with Gasteiger partial charge in [0.05, 0.1) is 0 Å². The van der Waals surface area contributed by atoms with Crippen molar-refractivity contribution < 1.29 is 0 Å². The molecule has 1 N–H and O–H groups in total. The Kier molecular flexibility index (Phi) is 6.19. The van der Waals surface area contributed by atoms with Crippen molar-refractivity contribution in [3.05, 3.63) is 47.8 Å². The van der Waals surface area contributed by atoms with Gasteiger partial charge in [-0.15, -0.1) is 0 Å². The fourth-order valence-electron chi connectivity index (χ4n) is 2.47. The van der Waals surface area contributed by atoms with Gasteiger partial charge in [0.15, 0.2) is 0 Å². The third-order valence-corrected chi connectivity index (χ3v) is 3.45. The average molecular weight is 298 g/mol. The molecule has 22 heavy (non-hydrogen) atoms. The molecule has 1 heterocycles. The van der Waals surface area contributed by atoms with E-state index in [0.29, 0.717) is 0 Å². The molecule has 0 fully saturated rings. The number of nitrogens with one attached hydrogen (secondary N) is 1. The van der Waals surface area contributed by atoms with Gasteiger partial charge in [-0.1, -0.05) is 44.2 Å². The smallest absolute Gasteiger partial charge is 0.134 e. The molecule has 0 bridgehead atoms. The molecule has 0 atom stereocenters. The molecule has 2 rings (SSSR count). The lowest BCUT2D eigenvalue weighted by Gasteiger charge is -2.23. The minimum Gasteiger partial charge on any atom is -0.366 e. The van der Waals surface area contributed by atoms with Gasteiger partial charge in [-0.05, 0) is 25.3 Å². The van der Waals surface area contributed by atoms with E-state index in [9.17, 15) is 0 Å². The first-order chi connectivity index (χ1) is 10.7. The molecule has 0 radical (unpaired) electrons. The molecule has 1 aromatic carbocycles. The maximum atomic E-state index is 4.60. The molecule has 0 saturated heterocycles. The van der Waals surface area contributed by atoms with Crippen LogP contribution in [0.3, 0.4) is 0 Å². The highest BCUT2D eigenvalue weighted by Crippen LogP contribution is 2.17. The van der Waals surface area contributed by atoms with Gasteiger partial charge >= 0.3 is 0 Å². The first-order valence-corrected chi connectivity index (χ1v) is 8.11. The molecule has 0 aliphatic heterocycles. The molecule has 0 unspecified atom stereocenters. The van der Waals surface area contributed by atoms with Crippen molar-refractivity contribution in [2.24, 2.45) is 0 Å². The Bertz CT molecular complexity index is 563. The van der Waals surface area contributed by atoms with E-state index in [1.165, 1.54) is 5.56 Å². The van der Waals surface area contributed by atoms with Crippen LogP contribution in [0.2, 0.25) is 0 Å². The van der Waals surface area contributed by atoms with Crippen LogP contribution in [0.15, 0.2) is 36.4 Å². The third kappa shape index (κ3) is 4.72. The highest BCUT2D eigenvalue weighted by molar-refractivity contribution is 5.49. The molecular formula is C18H26N4. The maximum absolute atomic E-state index is 4.60. The number of benzene rings is 1. The van der Waals surface area contributed by atoms with Crippen molar-refractivity contribution in [2.75, 3.05) is 23.3 Å². The fraction of sp³-hybridized carbons (Fsp3) is 0.444. The normalized spacial score (nSPS) is 10.5. The summed E-state index contributed by atoms with van der Waals surface area (Å²) in [5.74, 6) is 2.72. The minimum atomic E-state index is 0.776. The molecular weight excluding hydrogens is 272 g/mol. The van der Waals surface area contributed by atoms with Crippen LogP contribution in [0.4, 0.5) is 11.6 Å².